The van der Waals surface area contributed by atoms with Crippen molar-refractivity contribution in [1.82, 2.24) is 9.80 Å². The van der Waals surface area contributed by atoms with Crippen molar-refractivity contribution in [2.45, 2.75) is 6.92 Å². The number of phenolic OH excluding ortho intramolecular Hbond substituents is 1. The predicted octanol–water partition coefficient (Wildman–Crippen LogP) is 1.22. The first-order valence-electron chi connectivity index (χ1n) is 6.64. The van der Waals surface area contributed by atoms with Crippen LogP contribution in [0.4, 0.5) is 4.79 Å². The molecule has 1 aromatic rings. The number of rotatable bonds is 3. The van der Waals surface area contributed by atoms with Crippen LogP contribution in [0.1, 0.15) is 12.5 Å². The lowest BCUT2D eigenvalue weighted by Crippen LogP contribution is -2.52. The molecule has 22 heavy (non-hydrogen) atoms. The van der Waals surface area contributed by atoms with Crippen LogP contribution in [0.15, 0.2) is 23.8 Å². The van der Waals surface area contributed by atoms with E-state index >= 15 is 0 Å². The summed E-state index contributed by atoms with van der Waals surface area (Å²) in [5.41, 5.74) is 0.381. The highest BCUT2D eigenvalue weighted by molar-refractivity contribution is 6.30. The normalized spacial score (nSPS) is 15.4. The number of phenols is 1. The molecule has 7 nitrogen and oxygen atoms in total. The van der Waals surface area contributed by atoms with Gasteiger partial charge in [0.1, 0.15) is 5.57 Å². The zero-order valence-electron chi connectivity index (χ0n) is 12.5. The Labute approximate surface area is 127 Å². The molecule has 0 saturated carbocycles. The summed E-state index contributed by atoms with van der Waals surface area (Å²) in [6.07, 6.45) is 1.37. The van der Waals surface area contributed by atoms with E-state index in [4.69, 9.17) is 4.74 Å². The van der Waals surface area contributed by atoms with Crippen molar-refractivity contribution in [2.75, 3.05) is 20.7 Å². The van der Waals surface area contributed by atoms with Gasteiger partial charge in [-0.25, -0.2) is 4.79 Å². The summed E-state index contributed by atoms with van der Waals surface area (Å²) in [6, 6.07) is 3.80. The van der Waals surface area contributed by atoms with E-state index in [0.29, 0.717) is 12.2 Å². The Balaban J connectivity index is 2.43. The summed E-state index contributed by atoms with van der Waals surface area (Å²) in [4.78, 5) is 37.6. The second-order valence-electron chi connectivity index (χ2n) is 4.73. The van der Waals surface area contributed by atoms with Gasteiger partial charge in [0.25, 0.3) is 11.8 Å². The number of hydrogen-bond acceptors (Lipinski definition) is 5. The third-order valence-electron chi connectivity index (χ3n) is 3.24. The van der Waals surface area contributed by atoms with Crippen molar-refractivity contribution < 1.29 is 24.2 Å². The lowest BCUT2D eigenvalue weighted by atomic mass is 10.1. The predicted molar refractivity (Wildman–Crippen MR) is 78.2 cm³/mol. The summed E-state index contributed by atoms with van der Waals surface area (Å²) >= 11 is 0. The lowest BCUT2D eigenvalue weighted by Gasteiger charge is -2.28. The maximum atomic E-state index is 12.1. The van der Waals surface area contributed by atoms with Gasteiger partial charge in [0.15, 0.2) is 11.5 Å². The Bertz CT molecular complexity index is 655. The highest BCUT2D eigenvalue weighted by Crippen LogP contribution is 2.28. The molecule has 1 saturated heterocycles. The van der Waals surface area contributed by atoms with Crippen LogP contribution in [-0.4, -0.2) is 53.5 Å². The van der Waals surface area contributed by atoms with E-state index in [-0.39, 0.29) is 17.1 Å². The number of imide groups is 2. The Hall–Kier alpha value is -2.83. The number of carbonyl (C=O) groups is 3. The van der Waals surface area contributed by atoms with Crippen LogP contribution in [0.5, 0.6) is 11.5 Å². The molecular formula is C15H16N2O5. The number of carbonyl (C=O) groups excluding carboxylic acids is 3. The molecule has 0 bridgehead atoms. The molecule has 1 aromatic carbocycles. The lowest BCUT2D eigenvalue weighted by molar-refractivity contribution is -0.134. The Morgan fingerprint density at radius 2 is 1.73 bits per heavy atom. The minimum absolute atomic E-state index is 0.0327. The first-order chi connectivity index (χ1) is 10.4. The van der Waals surface area contributed by atoms with Crippen LogP contribution < -0.4 is 4.74 Å². The van der Waals surface area contributed by atoms with Crippen molar-refractivity contribution in [3.05, 3.63) is 29.3 Å². The Morgan fingerprint density at radius 3 is 2.27 bits per heavy atom. The van der Waals surface area contributed by atoms with Crippen molar-refractivity contribution in [3.8, 4) is 11.5 Å². The molecule has 1 N–H and O–H groups in total. The zero-order chi connectivity index (χ0) is 16.4. The Kier molecular flexibility index (Phi) is 4.16. The number of aromatic hydroxyl groups is 1. The van der Waals surface area contributed by atoms with Gasteiger partial charge in [-0.15, -0.1) is 0 Å². The van der Waals surface area contributed by atoms with Crippen molar-refractivity contribution in [1.29, 1.82) is 0 Å². The third-order valence-corrected chi connectivity index (χ3v) is 3.24. The minimum Gasteiger partial charge on any atom is -0.504 e. The molecule has 0 aromatic heterocycles. The van der Waals surface area contributed by atoms with Crippen LogP contribution in [-0.2, 0) is 9.59 Å². The van der Waals surface area contributed by atoms with Crippen molar-refractivity contribution >= 4 is 23.9 Å². The number of barbiturate groups is 1. The molecule has 0 radical (unpaired) electrons. The average molecular weight is 304 g/mol. The van der Waals surface area contributed by atoms with Gasteiger partial charge < -0.3 is 9.84 Å². The van der Waals surface area contributed by atoms with Gasteiger partial charge in [-0.1, -0.05) is 6.07 Å². The topological polar surface area (TPSA) is 87.2 Å². The number of amides is 4. The van der Waals surface area contributed by atoms with E-state index in [2.05, 4.69) is 0 Å². The molecule has 0 atom stereocenters. The van der Waals surface area contributed by atoms with Gasteiger partial charge in [-0.2, -0.15) is 0 Å². The van der Waals surface area contributed by atoms with Gasteiger partial charge in [-0.05, 0) is 30.7 Å². The largest absolute Gasteiger partial charge is 0.504 e. The van der Waals surface area contributed by atoms with Gasteiger partial charge in [0.2, 0.25) is 0 Å². The van der Waals surface area contributed by atoms with E-state index in [1.54, 1.807) is 13.0 Å². The standard InChI is InChI=1S/C15H16N2O5/c1-4-22-12-8-9(5-6-11(12)18)7-10-13(19)16(2)15(21)17(3)14(10)20/h5-8,18H,4H2,1-3H3. The molecular weight excluding hydrogens is 288 g/mol. The van der Waals surface area contributed by atoms with Gasteiger partial charge >= 0.3 is 6.03 Å². The molecule has 0 spiro atoms. The smallest absolute Gasteiger partial charge is 0.333 e. The quantitative estimate of drug-likeness (QED) is 0.670. The number of likely N-dealkylation sites (N-methyl/N-ethyl adjacent to an activating group) is 2. The molecule has 2 rings (SSSR count). The molecule has 116 valence electrons. The van der Waals surface area contributed by atoms with Crippen LogP contribution in [0.25, 0.3) is 6.08 Å². The number of nitrogens with zero attached hydrogens (tertiary/aromatic N) is 2. The molecule has 0 unspecified atom stereocenters. The van der Waals surface area contributed by atoms with Gasteiger partial charge in [-0.3, -0.25) is 19.4 Å². The molecule has 0 aliphatic carbocycles. The fraction of sp³-hybridized carbons (Fsp3) is 0.267. The molecule has 4 amide bonds. The molecule has 1 heterocycles. The second kappa shape index (κ2) is 5.88. The molecule has 1 aliphatic heterocycles. The van der Waals surface area contributed by atoms with E-state index in [1.807, 2.05) is 0 Å². The summed E-state index contributed by atoms with van der Waals surface area (Å²) in [5, 5.41) is 9.65. The fourth-order valence-electron chi connectivity index (χ4n) is 2.03. The number of hydrogen-bond donors (Lipinski definition) is 1. The van der Waals surface area contributed by atoms with Crippen molar-refractivity contribution in [2.24, 2.45) is 0 Å². The first kappa shape index (κ1) is 15.6. The summed E-state index contributed by atoms with van der Waals surface area (Å²) in [5.74, 6) is -1.11. The maximum Gasteiger partial charge on any atom is 0.333 e. The summed E-state index contributed by atoms with van der Waals surface area (Å²) in [6.45, 7) is 2.14. The average Bonchev–Trinajstić information content (AvgIpc) is 2.51. The van der Waals surface area contributed by atoms with E-state index in [9.17, 15) is 19.5 Å². The third kappa shape index (κ3) is 2.65. The summed E-state index contributed by atoms with van der Waals surface area (Å²) in [7, 11) is 2.62. The van der Waals surface area contributed by atoms with Crippen molar-refractivity contribution in [3.63, 3.8) is 0 Å². The highest BCUT2D eigenvalue weighted by Gasteiger charge is 2.37. The van der Waals surface area contributed by atoms with Gasteiger partial charge in [0.05, 0.1) is 6.61 Å². The van der Waals surface area contributed by atoms with Crippen LogP contribution in [0.2, 0.25) is 0 Å². The monoisotopic (exact) mass is 304 g/mol. The molecule has 1 aliphatic rings. The van der Waals surface area contributed by atoms with Gasteiger partial charge in [0, 0.05) is 14.1 Å². The van der Waals surface area contributed by atoms with Crippen LogP contribution >= 0.6 is 0 Å². The minimum atomic E-state index is -0.673. The fourth-order valence-corrected chi connectivity index (χ4v) is 2.03. The first-order valence-corrected chi connectivity index (χ1v) is 6.64. The summed E-state index contributed by atoms with van der Waals surface area (Å²) < 4.78 is 5.26. The van der Waals surface area contributed by atoms with Crippen LogP contribution in [0.3, 0.4) is 0 Å². The van der Waals surface area contributed by atoms with E-state index < -0.39 is 17.8 Å². The second-order valence-corrected chi connectivity index (χ2v) is 4.73. The number of benzene rings is 1. The SMILES string of the molecule is CCOc1cc(C=C2C(=O)N(C)C(=O)N(C)C2=O)ccc1O. The molecule has 7 heteroatoms. The zero-order valence-corrected chi connectivity index (χ0v) is 12.5. The molecule has 1 fully saturated rings. The van der Waals surface area contributed by atoms with Crippen LogP contribution in [0, 0.1) is 0 Å². The van der Waals surface area contributed by atoms with E-state index in [0.717, 1.165) is 9.80 Å². The Morgan fingerprint density at radius 1 is 1.14 bits per heavy atom. The van der Waals surface area contributed by atoms with E-state index in [1.165, 1.54) is 32.3 Å². The maximum absolute atomic E-state index is 12.1. The highest BCUT2D eigenvalue weighted by atomic mass is 16.5. The number of urea groups is 1. The number of ether oxygens (including phenoxy) is 1.